The van der Waals surface area contributed by atoms with Crippen LogP contribution in [-0.2, 0) is 0 Å². The van der Waals surface area contributed by atoms with Gasteiger partial charge in [-0.05, 0) is 13.1 Å². The predicted octanol–water partition coefficient (Wildman–Crippen LogP) is 1.80. The van der Waals surface area contributed by atoms with E-state index in [-0.39, 0.29) is 5.78 Å². The number of carbonyl (C=O) groups excluding carboxylic acids is 1. The van der Waals surface area contributed by atoms with Crippen LogP contribution in [0, 0.1) is 0 Å². The lowest BCUT2D eigenvalue weighted by molar-refractivity contribution is 0.0990. The molecule has 0 saturated carbocycles. The molecule has 17 heavy (non-hydrogen) atoms. The van der Waals surface area contributed by atoms with E-state index in [2.05, 4.69) is 24.1 Å². The number of rotatable bonds is 8. The van der Waals surface area contributed by atoms with Crippen molar-refractivity contribution in [1.82, 2.24) is 10.2 Å². The zero-order valence-electron chi connectivity index (χ0n) is 10.8. The summed E-state index contributed by atoms with van der Waals surface area (Å²) >= 11 is 0. The molecule has 0 atom stereocenters. The van der Waals surface area contributed by atoms with Crippen molar-refractivity contribution in [2.24, 2.45) is 0 Å². The molecule has 0 saturated heterocycles. The summed E-state index contributed by atoms with van der Waals surface area (Å²) < 4.78 is 0. The van der Waals surface area contributed by atoms with E-state index < -0.39 is 0 Å². The third kappa shape index (κ3) is 5.11. The SMILES string of the molecule is CCN(CC)CCNCC(=O)c1ccccc1. The molecule has 0 unspecified atom stereocenters. The average Bonchev–Trinajstić information content (AvgIpc) is 2.40. The smallest absolute Gasteiger partial charge is 0.176 e. The Balaban J connectivity index is 2.21. The van der Waals surface area contributed by atoms with Gasteiger partial charge in [0.05, 0.1) is 6.54 Å². The molecule has 0 aliphatic heterocycles. The number of likely N-dealkylation sites (N-methyl/N-ethyl adjacent to an activating group) is 1. The number of benzene rings is 1. The van der Waals surface area contributed by atoms with E-state index in [1.54, 1.807) is 0 Å². The second-order valence-corrected chi connectivity index (χ2v) is 3.99. The molecule has 0 heterocycles. The number of nitrogens with one attached hydrogen (secondary N) is 1. The number of nitrogens with zero attached hydrogens (tertiary/aromatic N) is 1. The van der Waals surface area contributed by atoms with Gasteiger partial charge in [0.1, 0.15) is 0 Å². The van der Waals surface area contributed by atoms with Crippen LogP contribution < -0.4 is 5.32 Å². The van der Waals surface area contributed by atoms with Gasteiger partial charge in [0, 0.05) is 18.7 Å². The molecule has 1 aromatic carbocycles. The van der Waals surface area contributed by atoms with E-state index >= 15 is 0 Å². The lowest BCUT2D eigenvalue weighted by Gasteiger charge is -2.17. The van der Waals surface area contributed by atoms with Crippen LogP contribution in [-0.4, -0.2) is 43.4 Å². The summed E-state index contributed by atoms with van der Waals surface area (Å²) in [7, 11) is 0. The second-order valence-electron chi connectivity index (χ2n) is 3.99. The minimum atomic E-state index is 0.158. The van der Waals surface area contributed by atoms with E-state index in [0.717, 1.165) is 31.7 Å². The number of hydrogen-bond donors (Lipinski definition) is 1. The number of Topliss-reactive ketones (excluding diaryl/α,β-unsaturated/α-hetero) is 1. The third-order valence-corrected chi connectivity index (χ3v) is 2.88. The Kier molecular flexibility index (Phi) is 6.51. The lowest BCUT2D eigenvalue weighted by Crippen LogP contribution is -2.34. The van der Waals surface area contributed by atoms with Gasteiger partial charge >= 0.3 is 0 Å². The van der Waals surface area contributed by atoms with Crippen molar-refractivity contribution in [2.45, 2.75) is 13.8 Å². The summed E-state index contributed by atoms with van der Waals surface area (Å²) in [6, 6.07) is 9.42. The lowest BCUT2D eigenvalue weighted by atomic mass is 10.1. The summed E-state index contributed by atoms with van der Waals surface area (Å²) in [5.41, 5.74) is 0.780. The number of carbonyl (C=O) groups is 1. The Morgan fingerprint density at radius 2 is 1.82 bits per heavy atom. The molecule has 0 spiro atoms. The fourth-order valence-electron chi connectivity index (χ4n) is 1.71. The van der Waals surface area contributed by atoms with Gasteiger partial charge < -0.3 is 10.2 Å². The summed E-state index contributed by atoms with van der Waals surface area (Å²) in [6.07, 6.45) is 0. The van der Waals surface area contributed by atoms with Crippen LogP contribution in [0.5, 0.6) is 0 Å². The van der Waals surface area contributed by atoms with Crippen molar-refractivity contribution >= 4 is 5.78 Å². The highest BCUT2D eigenvalue weighted by molar-refractivity contribution is 5.97. The highest BCUT2D eigenvalue weighted by Crippen LogP contribution is 1.98. The first-order valence-corrected chi connectivity index (χ1v) is 6.29. The fraction of sp³-hybridized carbons (Fsp3) is 0.500. The molecule has 1 aromatic rings. The molecule has 1 N–H and O–H groups in total. The standard InChI is InChI=1S/C14H22N2O/c1-3-16(4-2)11-10-15-12-14(17)13-8-6-5-7-9-13/h5-9,15H,3-4,10-12H2,1-2H3. The van der Waals surface area contributed by atoms with Crippen LogP contribution in [0.3, 0.4) is 0 Å². The van der Waals surface area contributed by atoms with Gasteiger partial charge in [0.2, 0.25) is 0 Å². The minimum Gasteiger partial charge on any atom is -0.308 e. The first-order valence-electron chi connectivity index (χ1n) is 6.29. The van der Waals surface area contributed by atoms with Gasteiger partial charge in [0.25, 0.3) is 0 Å². The third-order valence-electron chi connectivity index (χ3n) is 2.88. The molecule has 0 bridgehead atoms. The van der Waals surface area contributed by atoms with Crippen LogP contribution in [0.15, 0.2) is 30.3 Å². The van der Waals surface area contributed by atoms with Crippen LogP contribution in [0.25, 0.3) is 0 Å². The molecule has 94 valence electrons. The Morgan fingerprint density at radius 1 is 1.18 bits per heavy atom. The van der Waals surface area contributed by atoms with E-state index in [9.17, 15) is 4.79 Å². The van der Waals surface area contributed by atoms with Crippen LogP contribution in [0.1, 0.15) is 24.2 Å². The van der Waals surface area contributed by atoms with E-state index in [4.69, 9.17) is 0 Å². The molecule has 3 heteroatoms. The van der Waals surface area contributed by atoms with Crippen molar-refractivity contribution < 1.29 is 4.79 Å². The van der Waals surface area contributed by atoms with Crippen molar-refractivity contribution in [3.05, 3.63) is 35.9 Å². The van der Waals surface area contributed by atoms with Crippen LogP contribution in [0.2, 0.25) is 0 Å². The first kappa shape index (κ1) is 13.9. The molecular formula is C14H22N2O. The molecule has 0 aromatic heterocycles. The zero-order valence-corrected chi connectivity index (χ0v) is 10.8. The maximum atomic E-state index is 11.8. The summed E-state index contributed by atoms with van der Waals surface area (Å²) in [5, 5.41) is 3.19. The van der Waals surface area contributed by atoms with Gasteiger partial charge in [-0.3, -0.25) is 4.79 Å². The number of ketones is 1. The summed E-state index contributed by atoms with van der Waals surface area (Å²) in [4.78, 5) is 14.1. The highest BCUT2D eigenvalue weighted by Gasteiger charge is 2.04. The normalized spacial score (nSPS) is 10.8. The van der Waals surface area contributed by atoms with E-state index in [1.807, 2.05) is 30.3 Å². The second kappa shape index (κ2) is 7.98. The topological polar surface area (TPSA) is 32.3 Å². The molecule has 0 radical (unpaired) electrons. The molecular weight excluding hydrogens is 212 g/mol. The number of hydrogen-bond acceptors (Lipinski definition) is 3. The quantitative estimate of drug-likeness (QED) is 0.550. The van der Waals surface area contributed by atoms with Gasteiger partial charge in [-0.1, -0.05) is 44.2 Å². The molecule has 0 aliphatic carbocycles. The zero-order chi connectivity index (χ0) is 12.5. The van der Waals surface area contributed by atoms with Crippen molar-refractivity contribution in [3.63, 3.8) is 0 Å². The molecule has 0 aliphatic rings. The monoisotopic (exact) mass is 234 g/mol. The van der Waals surface area contributed by atoms with Gasteiger partial charge in [0.15, 0.2) is 5.78 Å². The van der Waals surface area contributed by atoms with Gasteiger partial charge in [-0.2, -0.15) is 0 Å². The predicted molar refractivity (Wildman–Crippen MR) is 71.4 cm³/mol. The first-order chi connectivity index (χ1) is 8.27. The summed E-state index contributed by atoms with van der Waals surface area (Å²) in [6.45, 7) is 8.70. The maximum absolute atomic E-state index is 11.8. The van der Waals surface area contributed by atoms with Crippen molar-refractivity contribution in [3.8, 4) is 0 Å². The van der Waals surface area contributed by atoms with E-state index in [1.165, 1.54) is 0 Å². The molecule has 0 amide bonds. The van der Waals surface area contributed by atoms with Gasteiger partial charge in [-0.25, -0.2) is 0 Å². The highest BCUT2D eigenvalue weighted by atomic mass is 16.1. The average molecular weight is 234 g/mol. The minimum absolute atomic E-state index is 0.158. The van der Waals surface area contributed by atoms with E-state index in [0.29, 0.717) is 6.54 Å². The van der Waals surface area contributed by atoms with Crippen molar-refractivity contribution in [2.75, 3.05) is 32.7 Å². The Morgan fingerprint density at radius 3 is 2.41 bits per heavy atom. The largest absolute Gasteiger partial charge is 0.308 e. The molecule has 1 rings (SSSR count). The van der Waals surface area contributed by atoms with Crippen LogP contribution >= 0.6 is 0 Å². The Labute approximate surface area is 104 Å². The van der Waals surface area contributed by atoms with Crippen LogP contribution in [0.4, 0.5) is 0 Å². The van der Waals surface area contributed by atoms with Crippen molar-refractivity contribution in [1.29, 1.82) is 0 Å². The van der Waals surface area contributed by atoms with Gasteiger partial charge in [-0.15, -0.1) is 0 Å². The maximum Gasteiger partial charge on any atom is 0.176 e. The Bertz CT molecular complexity index is 320. The summed E-state index contributed by atoms with van der Waals surface area (Å²) in [5.74, 6) is 0.158. The Hall–Kier alpha value is -1.19. The molecule has 0 fully saturated rings. The molecule has 3 nitrogen and oxygen atoms in total. The fourth-order valence-corrected chi connectivity index (χ4v) is 1.71.